The van der Waals surface area contributed by atoms with Crippen LogP contribution in [-0.4, -0.2) is 35.2 Å². The molecule has 0 aliphatic rings. The molecule has 0 aliphatic carbocycles. The number of ether oxygens (including phenoxy) is 2. The van der Waals surface area contributed by atoms with Crippen molar-refractivity contribution >= 4 is 12.1 Å². The molecule has 0 fully saturated rings. The van der Waals surface area contributed by atoms with E-state index in [2.05, 4.69) is 0 Å². The Balaban J connectivity index is 4.75. The van der Waals surface area contributed by atoms with Gasteiger partial charge >= 0.3 is 12.1 Å². The normalized spacial score (nSPS) is 12.2. The van der Waals surface area contributed by atoms with E-state index in [0.717, 1.165) is 4.90 Å². The van der Waals surface area contributed by atoms with Crippen molar-refractivity contribution in [3.63, 3.8) is 0 Å². The quantitative estimate of drug-likeness (QED) is 0.435. The number of hydrogen-bond acceptors (Lipinski definition) is 5. The van der Waals surface area contributed by atoms with Gasteiger partial charge in [-0.3, -0.25) is 4.79 Å². The summed E-state index contributed by atoms with van der Waals surface area (Å²) in [6, 6.07) is -0.543. The van der Waals surface area contributed by atoms with E-state index in [9.17, 15) is 9.59 Å². The van der Waals surface area contributed by atoms with E-state index in [1.807, 2.05) is 0 Å². The summed E-state index contributed by atoms with van der Waals surface area (Å²) in [5.41, 5.74) is -0.686. The molecule has 0 aromatic rings. The van der Waals surface area contributed by atoms with Crippen LogP contribution in [0.15, 0.2) is 0 Å². The topological polar surface area (TPSA) is 79.6 Å². The summed E-state index contributed by atoms with van der Waals surface area (Å²) in [5.74, 6) is -0.432. The molecule has 0 bridgehead atoms. The van der Waals surface area contributed by atoms with Gasteiger partial charge in [0, 0.05) is 0 Å². The molecule has 0 spiro atoms. The third-order valence-electron chi connectivity index (χ3n) is 2.24. The average Bonchev–Trinajstić information content (AvgIpc) is 2.26. The summed E-state index contributed by atoms with van der Waals surface area (Å²) in [6.45, 7) is 8.91. The Kier molecular flexibility index (Phi) is 6.91. The van der Waals surface area contributed by atoms with E-state index in [0.29, 0.717) is 6.42 Å². The number of carbonyl (C=O) groups is 2. The maximum atomic E-state index is 11.9. The number of esters is 1. The monoisotopic (exact) mass is 270 g/mol. The minimum atomic E-state index is -0.744. The Morgan fingerprint density at radius 1 is 1.32 bits per heavy atom. The molecule has 6 heteroatoms. The van der Waals surface area contributed by atoms with Crippen LogP contribution in [0.2, 0.25) is 0 Å². The van der Waals surface area contributed by atoms with E-state index < -0.39 is 23.7 Å². The molecule has 0 aliphatic heterocycles. The highest BCUT2D eigenvalue weighted by Gasteiger charge is 2.29. The van der Waals surface area contributed by atoms with Crippen molar-refractivity contribution in [2.45, 2.75) is 59.1 Å². The molecule has 6 nitrogen and oxygen atoms in total. The number of rotatable bonds is 5. The molecule has 1 amide bonds. The number of amides is 1. The van der Waals surface area contributed by atoms with Crippen molar-refractivity contribution < 1.29 is 19.1 Å². The molecule has 19 heavy (non-hydrogen) atoms. The predicted octanol–water partition coefficient (Wildman–Crippen LogP) is 2.44. The van der Waals surface area contributed by atoms with Crippen LogP contribution in [0.5, 0.6) is 0 Å². The number of carbonyl (C=O) groups excluding carboxylic acids is 2. The Labute approximate surface area is 114 Å². The molecule has 0 heterocycles. The fourth-order valence-corrected chi connectivity index (χ4v) is 1.41. The highest BCUT2D eigenvalue weighted by atomic mass is 16.6. The van der Waals surface area contributed by atoms with Gasteiger partial charge < -0.3 is 9.47 Å². The van der Waals surface area contributed by atoms with Crippen molar-refractivity contribution in [1.82, 2.24) is 4.90 Å². The first kappa shape index (κ1) is 17.2. The van der Waals surface area contributed by atoms with Gasteiger partial charge in [-0.1, -0.05) is 6.92 Å². The summed E-state index contributed by atoms with van der Waals surface area (Å²) < 4.78 is 9.95. The van der Waals surface area contributed by atoms with E-state index in [1.54, 1.807) is 40.8 Å². The summed E-state index contributed by atoms with van der Waals surface area (Å²) in [5, 5.41) is 9.06. The average molecular weight is 270 g/mol. The molecular formula is C13H22N2O4. The van der Waals surface area contributed by atoms with Crippen LogP contribution >= 0.6 is 0 Å². The van der Waals surface area contributed by atoms with Crippen molar-refractivity contribution in [3.8, 4) is 6.19 Å². The Bertz CT molecular complexity index is 355. The zero-order chi connectivity index (χ0) is 15.1. The van der Waals surface area contributed by atoms with E-state index >= 15 is 0 Å². The van der Waals surface area contributed by atoms with Crippen molar-refractivity contribution in [1.29, 1.82) is 5.26 Å². The zero-order valence-electron chi connectivity index (χ0n) is 12.2. The van der Waals surface area contributed by atoms with Gasteiger partial charge in [-0.05, 0) is 34.1 Å². The lowest BCUT2D eigenvalue weighted by atomic mass is 10.1. The Morgan fingerprint density at radius 2 is 1.89 bits per heavy atom. The van der Waals surface area contributed by atoms with Crippen LogP contribution in [0.1, 0.15) is 47.5 Å². The smallest absolute Gasteiger partial charge is 0.423 e. The van der Waals surface area contributed by atoms with Crippen LogP contribution in [0.4, 0.5) is 4.79 Å². The first-order chi connectivity index (χ1) is 8.75. The SMILES string of the molecule is CCOC(=O)CC(CC)N(C#N)C(=O)OC(C)(C)C. The highest BCUT2D eigenvalue weighted by Crippen LogP contribution is 2.15. The zero-order valence-corrected chi connectivity index (χ0v) is 12.2. The molecule has 0 aromatic heterocycles. The van der Waals surface area contributed by atoms with Crippen molar-refractivity contribution in [2.75, 3.05) is 6.61 Å². The van der Waals surface area contributed by atoms with E-state index in [1.165, 1.54) is 0 Å². The summed E-state index contributed by atoms with van der Waals surface area (Å²) >= 11 is 0. The summed E-state index contributed by atoms with van der Waals surface area (Å²) in [7, 11) is 0. The largest absolute Gasteiger partial charge is 0.466 e. The summed E-state index contributed by atoms with van der Waals surface area (Å²) in [6.07, 6.45) is 1.48. The van der Waals surface area contributed by atoms with Gasteiger partial charge in [0.05, 0.1) is 19.1 Å². The van der Waals surface area contributed by atoms with Crippen molar-refractivity contribution in [2.24, 2.45) is 0 Å². The van der Waals surface area contributed by atoms with E-state index in [4.69, 9.17) is 14.7 Å². The Morgan fingerprint density at radius 3 is 2.26 bits per heavy atom. The number of hydrogen-bond donors (Lipinski definition) is 0. The van der Waals surface area contributed by atoms with Gasteiger partial charge in [-0.2, -0.15) is 5.26 Å². The minimum Gasteiger partial charge on any atom is -0.466 e. The van der Waals surface area contributed by atoms with Crippen LogP contribution in [-0.2, 0) is 14.3 Å². The first-order valence-electron chi connectivity index (χ1n) is 6.32. The lowest BCUT2D eigenvalue weighted by molar-refractivity contribution is -0.144. The van der Waals surface area contributed by atoms with Gasteiger partial charge in [0.1, 0.15) is 5.60 Å². The molecule has 0 radical (unpaired) electrons. The molecule has 0 rings (SSSR count). The second-order valence-electron chi connectivity index (χ2n) is 5.02. The lowest BCUT2D eigenvalue weighted by Gasteiger charge is -2.27. The second kappa shape index (κ2) is 7.62. The predicted molar refractivity (Wildman–Crippen MR) is 69.0 cm³/mol. The van der Waals surface area contributed by atoms with Gasteiger partial charge in [0.25, 0.3) is 0 Å². The molecule has 0 aromatic carbocycles. The molecule has 0 saturated heterocycles. The minimum absolute atomic E-state index is 0.0167. The second-order valence-corrected chi connectivity index (χ2v) is 5.02. The first-order valence-corrected chi connectivity index (χ1v) is 6.32. The standard InChI is InChI=1S/C13H22N2O4/c1-6-10(8-11(16)18-7-2)15(9-14)12(17)19-13(3,4)5/h10H,6-8H2,1-5H3. The van der Waals surface area contributed by atoms with Gasteiger partial charge in [0.15, 0.2) is 6.19 Å². The summed E-state index contributed by atoms with van der Waals surface area (Å²) in [4.78, 5) is 24.2. The fourth-order valence-electron chi connectivity index (χ4n) is 1.41. The van der Waals surface area contributed by atoms with Crippen molar-refractivity contribution in [3.05, 3.63) is 0 Å². The highest BCUT2D eigenvalue weighted by molar-refractivity contribution is 5.74. The van der Waals surface area contributed by atoms with Gasteiger partial charge in [0.2, 0.25) is 0 Å². The molecular weight excluding hydrogens is 248 g/mol. The lowest BCUT2D eigenvalue weighted by Crippen LogP contribution is -2.41. The molecule has 108 valence electrons. The Hall–Kier alpha value is -1.77. The molecule has 1 atom stereocenters. The number of nitriles is 1. The van der Waals surface area contributed by atoms with Gasteiger partial charge in [-0.25, -0.2) is 9.69 Å². The van der Waals surface area contributed by atoms with Crippen LogP contribution < -0.4 is 0 Å². The van der Waals surface area contributed by atoms with Gasteiger partial charge in [-0.15, -0.1) is 0 Å². The molecule has 1 unspecified atom stereocenters. The molecule has 0 N–H and O–H groups in total. The third-order valence-corrected chi connectivity index (χ3v) is 2.24. The van der Waals surface area contributed by atoms with E-state index in [-0.39, 0.29) is 13.0 Å². The van der Waals surface area contributed by atoms with Crippen LogP contribution in [0, 0.1) is 11.5 Å². The van der Waals surface area contributed by atoms with Crippen LogP contribution in [0.3, 0.4) is 0 Å². The third kappa shape index (κ3) is 6.65. The maximum Gasteiger partial charge on any atom is 0.423 e. The maximum absolute atomic E-state index is 11.9. The number of nitrogens with zero attached hydrogens (tertiary/aromatic N) is 2. The molecule has 0 saturated carbocycles. The fraction of sp³-hybridized carbons (Fsp3) is 0.769. The van der Waals surface area contributed by atoms with Crippen LogP contribution in [0.25, 0.3) is 0 Å².